The van der Waals surface area contributed by atoms with Crippen LogP contribution < -0.4 is 10.6 Å². The van der Waals surface area contributed by atoms with Crippen LogP contribution in [0, 0.1) is 0 Å². The van der Waals surface area contributed by atoms with E-state index < -0.39 is 0 Å². The van der Waals surface area contributed by atoms with Gasteiger partial charge in [-0.1, -0.05) is 12.1 Å². The molecule has 2 N–H and O–H groups in total. The van der Waals surface area contributed by atoms with Gasteiger partial charge in [0.05, 0.1) is 5.69 Å². The molecule has 32 heavy (non-hydrogen) atoms. The lowest BCUT2D eigenvalue weighted by molar-refractivity contribution is 0.0949. The maximum atomic E-state index is 12.6. The highest BCUT2D eigenvalue weighted by atomic mass is 32.2. The van der Waals surface area contributed by atoms with Gasteiger partial charge < -0.3 is 15.0 Å². The molecule has 1 aliphatic carbocycles. The van der Waals surface area contributed by atoms with Gasteiger partial charge in [0.1, 0.15) is 5.65 Å². The van der Waals surface area contributed by atoms with Crippen LogP contribution in [0.2, 0.25) is 0 Å². The van der Waals surface area contributed by atoms with Crippen LogP contribution in [0.25, 0.3) is 5.65 Å². The number of imidazole rings is 1. The molecule has 1 aliphatic rings. The molecule has 7 heteroatoms. The Bertz CT molecular complexity index is 1250. The Morgan fingerprint density at radius 2 is 1.81 bits per heavy atom. The van der Waals surface area contributed by atoms with Gasteiger partial charge in [-0.3, -0.25) is 9.59 Å². The average Bonchev–Trinajstić information content (AvgIpc) is 3.53. The molecule has 0 unspecified atom stereocenters. The van der Waals surface area contributed by atoms with Crippen molar-refractivity contribution in [3.05, 3.63) is 95.9 Å². The van der Waals surface area contributed by atoms with E-state index in [9.17, 15) is 9.59 Å². The summed E-state index contributed by atoms with van der Waals surface area (Å²) in [4.78, 5) is 30.5. The third kappa shape index (κ3) is 4.84. The number of rotatable bonds is 7. The number of nitrogens with one attached hydrogen (secondary N) is 2. The number of pyridine rings is 1. The number of carbonyl (C=O) groups is 2. The molecule has 1 fully saturated rings. The van der Waals surface area contributed by atoms with E-state index >= 15 is 0 Å². The summed E-state index contributed by atoms with van der Waals surface area (Å²) in [6.45, 7) is 0. The summed E-state index contributed by atoms with van der Waals surface area (Å²) >= 11 is 1.68. The van der Waals surface area contributed by atoms with Gasteiger partial charge in [0, 0.05) is 45.9 Å². The van der Waals surface area contributed by atoms with Gasteiger partial charge in [-0.25, -0.2) is 4.98 Å². The van der Waals surface area contributed by atoms with Gasteiger partial charge >= 0.3 is 0 Å². The quantitative estimate of drug-likeness (QED) is 0.404. The van der Waals surface area contributed by atoms with E-state index in [1.165, 1.54) is 0 Å². The molecule has 6 nitrogen and oxygen atoms in total. The second kappa shape index (κ2) is 8.88. The molecule has 0 spiro atoms. The molecule has 2 aromatic carbocycles. The molecule has 4 aromatic rings. The summed E-state index contributed by atoms with van der Waals surface area (Å²) in [5, 5.41) is 5.84. The average molecular weight is 443 g/mol. The fourth-order valence-electron chi connectivity index (χ4n) is 3.35. The van der Waals surface area contributed by atoms with Crippen molar-refractivity contribution in [1.29, 1.82) is 0 Å². The van der Waals surface area contributed by atoms with Gasteiger partial charge in [-0.2, -0.15) is 0 Å². The number of hydrogen-bond acceptors (Lipinski definition) is 4. The molecule has 0 bridgehead atoms. The number of hydrogen-bond donors (Lipinski definition) is 2. The molecule has 160 valence electrons. The van der Waals surface area contributed by atoms with Crippen molar-refractivity contribution in [2.24, 2.45) is 0 Å². The topological polar surface area (TPSA) is 75.5 Å². The van der Waals surface area contributed by atoms with Gasteiger partial charge in [-0.05, 0) is 67.4 Å². The van der Waals surface area contributed by atoms with Crippen molar-refractivity contribution in [2.75, 3.05) is 5.32 Å². The van der Waals surface area contributed by atoms with Crippen molar-refractivity contribution in [1.82, 2.24) is 14.7 Å². The highest BCUT2D eigenvalue weighted by molar-refractivity contribution is 7.98. The van der Waals surface area contributed by atoms with E-state index in [4.69, 9.17) is 0 Å². The van der Waals surface area contributed by atoms with E-state index in [1.54, 1.807) is 36.0 Å². The van der Waals surface area contributed by atoms with E-state index in [0.717, 1.165) is 34.8 Å². The summed E-state index contributed by atoms with van der Waals surface area (Å²) in [6.07, 6.45) is 6.09. The summed E-state index contributed by atoms with van der Waals surface area (Å²) in [5.41, 5.74) is 3.66. The normalized spacial score (nSPS) is 13.1. The number of aromatic nitrogens is 2. The maximum absolute atomic E-state index is 12.6. The fourth-order valence-corrected chi connectivity index (χ4v) is 4.14. The molecule has 2 aromatic heterocycles. The van der Waals surface area contributed by atoms with Gasteiger partial charge in [0.15, 0.2) is 0 Å². The smallest absolute Gasteiger partial charge is 0.255 e. The molecular formula is C25H22N4O2S. The maximum Gasteiger partial charge on any atom is 0.255 e. The fraction of sp³-hybridized carbons (Fsp3) is 0.160. The molecule has 1 saturated carbocycles. The van der Waals surface area contributed by atoms with Crippen LogP contribution in [-0.4, -0.2) is 27.2 Å². The number of thioether (sulfide) groups is 1. The van der Waals surface area contributed by atoms with E-state index in [2.05, 4.69) is 15.6 Å². The zero-order valence-electron chi connectivity index (χ0n) is 17.3. The zero-order chi connectivity index (χ0) is 21.9. The van der Waals surface area contributed by atoms with Gasteiger partial charge in [0.2, 0.25) is 0 Å². The first kappa shape index (κ1) is 20.3. The number of benzene rings is 2. The molecule has 0 aliphatic heterocycles. The van der Waals surface area contributed by atoms with Crippen LogP contribution >= 0.6 is 11.8 Å². The first-order valence-corrected chi connectivity index (χ1v) is 11.5. The minimum Gasteiger partial charge on any atom is -0.349 e. The van der Waals surface area contributed by atoms with Crippen LogP contribution in [0.4, 0.5) is 5.69 Å². The van der Waals surface area contributed by atoms with Crippen molar-refractivity contribution in [2.45, 2.75) is 29.5 Å². The summed E-state index contributed by atoms with van der Waals surface area (Å²) in [5.74, 6) is 0.445. The second-order valence-electron chi connectivity index (χ2n) is 7.79. The number of amides is 2. The molecule has 0 atom stereocenters. The third-order valence-corrected chi connectivity index (χ3v) is 6.26. The molecule has 5 rings (SSSR count). The lowest BCUT2D eigenvalue weighted by atomic mass is 10.1. The second-order valence-corrected chi connectivity index (χ2v) is 8.84. The van der Waals surface area contributed by atoms with Crippen molar-refractivity contribution < 1.29 is 9.59 Å². The standard InChI is InChI=1S/C25H22N4O2S/c30-24(28-20-5-3-4-18(14-20)25(31)27-19-9-10-19)17-7-11-22(12-8-17)32-16-21-15-29-13-2-1-6-23(29)26-21/h1-8,11-15,19H,9-10,16H2,(H,27,31)(H,28,30). The first-order valence-electron chi connectivity index (χ1n) is 10.5. The molecule has 0 radical (unpaired) electrons. The van der Waals surface area contributed by atoms with Crippen LogP contribution in [-0.2, 0) is 5.75 Å². The first-order chi connectivity index (χ1) is 15.6. The zero-order valence-corrected chi connectivity index (χ0v) is 18.1. The van der Waals surface area contributed by atoms with Crippen LogP contribution in [0.1, 0.15) is 39.3 Å². The lowest BCUT2D eigenvalue weighted by Crippen LogP contribution is -2.25. The minimum absolute atomic E-state index is 0.101. The predicted octanol–water partition coefficient (Wildman–Crippen LogP) is 4.77. The Kier molecular flexibility index (Phi) is 5.64. The number of nitrogens with zero attached hydrogens (tertiary/aromatic N) is 2. The predicted molar refractivity (Wildman–Crippen MR) is 126 cm³/mol. The van der Waals surface area contributed by atoms with Gasteiger partial charge in [-0.15, -0.1) is 11.8 Å². The molecular weight excluding hydrogens is 420 g/mol. The summed E-state index contributed by atoms with van der Waals surface area (Å²) in [7, 11) is 0. The van der Waals surface area contributed by atoms with E-state index in [-0.39, 0.29) is 11.8 Å². The highest BCUT2D eigenvalue weighted by Crippen LogP contribution is 2.24. The Morgan fingerprint density at radius 3 is 2.59 bits per heavy atom. The summed E-state index contributed by atoms with van der Waals surface area (Å²) < 4.78 is 2.01. The number of fused-ring (bicyclic) bond motifs is 1. The monoisotopic (exact) mass is 442 g/mol. The molecule has 2 amide bonds. The number of carbonyl (C=O) groups excluding carboxylic acids is 2. The minimum atomic E-state index is -0.207. The Hall–Kier alpha value is -3.58. The van der Waals surface area contributed by atoms with Crippen molar-refractivity contribution >= 4 is 34.9 Å². The SMILES string of the molecule is O=C(Nc1cccc(C(=O)NC2CC2)c1)c1ccc(SCc2cn3ccccc3n2)cc1. The van der Waals surface area contributed by atoms with Crippen LogP contribution in [0.15, 0.2) is 84.0 Å². The Balaban J connectivity index is 1.19. The Labute approximate surface area is 190 Å². The third-order valence-electron chi connectivity index (χ3n) is 5.21. The molecule has 0 saturated heterocycles. The number of anilines is 1. The summed E-state index contributed by atoms with van der Waals surface area (Å²) in [6, 6.07) is 20.7. The van der Waals surface area contributed by atoms with Crippen molar-refractivity contribution in [3.8, 4) is 0 Å². The Morgan fingerprint density at radius 1 is 0.969 bits per heavy atom. The highest BCUT2D eigenvalue weighted by Gasteiger charge is 2.23. The van der Waals surface area contributed by atoms with Crippen LogP contribution in [0.5, 0.6) is 0 Å². The largest absolute Gasteiger partial charge is 0.349 e. The van der Waals surface area contributed by atoms with E-state index in [1.807, 2.05) is 59.3 Å². The molecule has 2 heterocycles. The van der Waals surface area contributed by atoms with Crippen LogP contribution in [0.3, 0.4) is 0 Å². The van der Waals surface area contributed by atoms with Crippen molar-refractivity contribution in [3.63, 3.8) is 0 Å². The van der Waals surface area contributed by atoms with E-state index in [0.29, 0.717) is 22.9 Å². The lowest BCUT2D eigenvalue weighted by Gasteiger charge is -2.08. The van der Waals surface area contributed by atoms with Gasteiger partial charge in [0.25, 0.3) is 11.8 Å².